The standard InChI is InChI=1S/C15H21Cl/c1-10(2)13-7-5-12(9-16)14-6-4-11(3)8-15(13)14/h4-5,13-15H,1,6-9H2,2-3H3/t13-,14-,15-/m0/s1. The summed E-state index contributed by atoms with van der Waals surface area (Å²) in [4.78, 5) is 0. The van der Waals surface area contributed by atoms with Crippen molar-refractivity contribution in [2.24, 2.45) is 17.8 Å². The molecule has 1 heteroatoms. The molecule has 0 nitrogen and oxygen atoms in total. The fourth-order valence-electron chi connectivity index (χ4n) is 3.27. The lowest BCUT2D eigenvalue weighted by Crippen LogP contribution is -2.31. The second kappa shape index (κ2) is 4.79. The third-order valence-corrected chi connectivity index (χ3v) is 4.52. The van der Waals surface area contributed by atoms with E-state index in [0.717, 1.165) is 12.3 Å². The highest BCUT2D eigenvalue weighted by atomic mass is 35.5. The minimum Gasteiger partial charge on any atom is -0.122 e. The molecule has 0 radical (unpaired) electrons. The molecule has 0 aromatic rings. The normalized spacial score (nSPS) is 33.8. The van der Waals surface area contributed by atoms with E-state index < -0.39 is 0 Å². The van der Waals surface area contributed by atoms with Gasteiger partial charge in [-0.15, -0.1) is 11.6 Å². The third kappa shape index (κ3) is 2.13. The Hall–Kier alpha value is -0.490. The van der Waals surface area contributed by atoms with E-state index in [4.69, 9.17) is 11.6 Å². The van der Waals surface area contributed by atoms with Crippen molar-refractivity contribution >= 4 is 11.6 Å². The Bertz CT molecular complexity index is 348. The highest BCUT2D eigenvalue weighted by Crippen LogP contribution is 2.46. The molecule has 0 saturated heterocycles. The van der Waals surface area contributed by atoms with E-state index in [-0.39, 0.29) is 0 Å². The van der Waals surface area contributed by atoms with E-state index in [1.807, 2.05) is 0 Å². The Morgan fingerprint density at radius 3 is 2.81 bits per heavy atom. The number of fused-ring (bicyclic) bond motifs is 1. The summed E-state index contributed by atoms with van der Waals surface area (Å²) in [5, 5.41) is 0. The van der Waals surface area contributed by atoms with E-state index >= 15 is 0 Å². The zero-order valence-electron chi connectivity index (χ0n) is 10.3. The van der Waals surface area contributed by atoms with Gasteiger partial charge in [0, 0.05) is 5.88 Å². The van der Waals surface area contributed by atoms with Gasteiger partial charge in [-0.05, 0) is 50.9 Å². The van der Waals surface area contributed by atoms with Gasteiger partial charge in [-0.1, -0.05) is 35.5 Å². The fraction of sp³-hybridized carbons (Fsp3) is 0.600. The number of alkyl halides is 1. The summed E-state index contributed by atoms with van der Waals surface area (Å²) in [6, 6.07) is 0. The van der Waals surface area contributed by atoms with Crippen molar-refractivity contribution in [2.45, 2.75) is 33.1 Å². The predicted molar refractivity (Wildman–Crippen MR) is 71.7 cm³/mol. The number of hydrogen-bond acceptors (Lipinski definition) is 0. The molecular formula is C15H21Cl. The maximum Gasteiger partial charge on any atom is 0.0436 e. The Morgan fingerprint density at radius 2 is 2.19 bits per heavy atom. The smallest absolute Gasteiger partial charge is 0.0436 e. The van der Waals surface area contributed by atoms with Crippen LogP contribution in [0.3, 0.4) is 0 Å². The Kier molecular flexibility index (Phi) is 3.59. The summed E-state index contributed by atoms with van der Waals surface area (Å²) >= 11 is 6.05. The molecule has 88 valence electrons. The van der Waals surface area contributed by atoms with Gasteiger partial charge in [0.2, 0.25) is 0 Å². The molecule has 0 saturated carbocycles. The van der Waals surface area contributed by atoms with Gasteiger partial charge >= 0.3 is 0 Å². The number of hydrogen-bond donors (Lipinski definition) is 0. The van der Waals surface area contributed by atoms with Crippen molar-refractivity contribution in [3.8, 4) is 0 Å². The van der Waals surface area contributed by atoms with E-state index in [9.17, 15) is 0 Å². The lowest BCUT2D eigenvalue weighted by atomic mass is 9.64. The van der Waals surface area contributed by atoms with Crippen molar-refractivity contribution in [3.05, 3.63) is 35.5 Å². The lowest BCUT2D eigenvalue weighted by Gasteiger charge is -2.41. The van der Waals surface area contributed by atoms with Crippen LogP contribution in [0.5, 0.6) is 0 Å². The monoisotopic (exact) mass is 236 g/mol. The molecule has 0 unspecified atom stereocenters. The molecule has 0 amide bonds. The molecule has 0 bridgehead atoms. The molecule has 0 heterocycles. The molecule has 0 aliphatic heterocycles. The Balaban J connectivity index is 2.28. The van der Waals surface area contributed by atoms with Crippen molar-refractivity contribution in [1.82, 2.24) is 0 Å². The first-order valence-electron chi connectivity index (χ1n) is 6.19. The van der Waals surface area contributed by atoms with Crippen LogP contribution in [0, 0.1) is 17.8 Å². The molecule has 3 atom stereocenters. The molecule has 0 aromatic heterocycles. The van der Waals surface area contributed by atoms with Gasteiger partial charge in [0.1, 0.15) is 0 Å². The SMILES string of the molecule is C=C(C)[C@@H]1CC=C(CCl)[C@@H]2CC=C(C)C[C@@H]12. The van der Waals surface area contributed by atoms with Crippen LogP contribution in [0.15, 0.2) is 35.5 Å². The van der Waals surface area contributed by atoms with Crippen LogP contribution >= 0.6 is 11.6 Å². The van der Waals surface area contributed by atoms with Gasteiger partial charge in [-0.2, -0.15) is 0 Å². The fourth-order valence-corrected chi connectivity index (χ4v) is 3.58. The van der Waals surface area contributed by atoms with Crippen molar-refractivity contribution in [1.29, 1.82) is 0 Å². The van der Waals surface area contributed by atoms with E-state index in [1.165, 1.54) is 24.0 Å². The second-order valence-electron chi connectivity index (χ2n) is 5.36. The molecule has 16 heavy (non-hydrogen) atoms. The highest BCUT2D eigenvalue weighted by Gasteiger charge is 2.35. The Labute approximate surface area is 104 Å². The number of allylic oxidation sites excluding steroid dienone is 5. The van der Waals surface area contributed by atoms with Crippen LogP contribution in [0.2, 0.25) is 0 Å². The lowest BCUT2D eigenvalue weighted by molar-refractivity contribution is 0.254. The molecule has 0 fully saturated rings. The maximum absolute atomic E-state index is 6.05. The minimum atomic E-state index is 0.667. The zero-order valence-corrected chi connectivity index (χ0v) is 11.1. The highest BCUT2D eigenvalue weighted by molar-refractivity contribution is 6.19. The largest absolute Gasteiger partial charge is 0.122 e. The molecular weight excluding hydrogens is 216 g/mol. The van der Waals surface area contributed by atoms with Crippen LogP contribution < -0.4 is 0 Å². The van der Waals surface area contributed by atoms with Gasteiger partial charge in [-0.3, -0.25) is 0 Å². The van der Waals surface area contributed by atoms with Gasteiger partial charge in [0.15, 0.2) is 0 Å². The van der Waals surface area contributed by atoms with Crippen LogP contribution in [-0.2, 0) is 0 Å². The average Bonchev–Trinajstić information content (AvgIpc) is 2.26. The van der Waals surface area contributed by atoms with Gasteiger partial charge in [0.25, 0.3) is 0 Å². The van der Waals surface area contributed by atoms with Crippen molar-refractivity contribution in [2.75, 3.05) is 5.88 Å². The molecule has 2 aliphatic rings. The summed E-state index contributed by atoms with van der Waals surface area (Å²) in [5.74, 6) is 2.80. The van der Waals surface area contributed by atoms with Crippen LogP contribution in [-0.4, -0.2) is 5.88 Å². The first-order valence-corrected chi connectivity index (χ1v) is 6.73. The van der Waals surface area contributed by atoms with Crippen LogP contribution in [0.1, 0.15) is 33.1 Å². The van der Waals surface area contributed by atoms with Gasteiger partial charge in [-0.25, -0.2) is 0 Å². The summed E-state index contributed by atoms with van der Waals surface area (Å²) in [6.07, 6.45) is 8.31. The quantitative estimate of drug-likeness (QED) is 0.481. The van der Waals surface area contributed by atoms with Crippen LogP contribution in [0.25, 0.3) is 0 Å². The van der Waals surface area contributed by atoms with Gasteiger partial charge < -0.3 is 0 Å². The van der Waals surface area contributed by atoms with E-state index in [2.05, 4.69) is 32.6 Å². The topological polar surface area (TPSA) is 0 Å². The molecule has 0 spiro atoms. The summed E-state index contributed by atoms with van der Waals surface area (Å²) in [7, 11) is 0. The molecule has 0 N–H and O–H groups in total. The summed E-state index contributed by atoms with van der Waals surface area (Å²) in [6.45, 7) is 8.59. The minimum absolute atomic E-state index is 0.667. The average molecular weight is 237 g/mol. The summed E-state index contributed by atoms with van der Waals surface area (Å²) in [5.41, 5.74) is 4.35. The molecule has 0 aromatic carbocycles. The third-order valence-electron chi connectivity index (χ3n) is 4.21. The maximum atomic E-state index is 6.05. The van der Waals surface area contributed by atoms with E-state index in [0.29, 0.717) is 17.7 Å². The molecule has 2 rings (SSSR count). The molecule has 2 aliphatic carbocycles. The first kappa shape index (κ1) is 12.0. The van der Waals surface area contributed by atoms with Gasteiger partial charge in [0.05, 0.1) is 0 Å². The van der Waals surface area contributed by atoms with E-state index in [1.54, 1.807) is 5.57 Å². The number of halogens is 1. The predicted octanol–water partition coefficient (Wildman–Crippen LogP) is 4.72. The van der Waals surface area contributed by atoms with Crippen LogP contribution in [0.4, 0.5) is 0 Å². The van der Waals surface area contributed by atoms with Crippen molar-refractivity contribution < 1.29 is 0 Å². The number of rotatable bonds is 2. The summed E-state index contributed by atoms with van der Waals surface area (Å²) < 4.78 is 0. The van der Waals surface area contributed by atoms with Crippen molar-refractivity contribution in [3.63, 3.8) is 0 Å². The second-order valence-corrected chi connectivity index (χ2v) is 5.63. The zero-order chi connectivity index (χ0) is 11.7. The Morgan fingerprint density at radius 1 is 1.44 bits per heavy atom. The first-order chi connectivity index (χ1) is 7.63.